The topological polar surface area (TPSA) is 97.1 Å². The Labute approximate surface area is 168 Å². The summed E-state index contributed by atoms with van der Waals surface area (Å²) in [5.41, 5.74) is 2.42. The summed E-state index contributed by atoms with van der Waals surface area (Å²) in [7, 11) is 0. The first-order valence-electron chi connectivity index (χ1n) is 9.57. The van der Waals surface area contributed by atoms with Crippen molar-refractivity contribution in [2.75, 3.05) is 18.0 Å². The van der Waals surface area contributed by atoms with Crippen molar-refractivity contribution >= 4 is 11.5 Å². The fourth-order valence-electron chi connectivity index (χ4n) is 3.68. The number of hydrogen-bond acceptors (Lipinski definition) is 7. The van der Waals surface area contributed by atoms with Crippen molar-refractivity contribution in [3.05, 3.63) is 64.7 Å². The van der Waals surface area contributed by atoms with Crippen molar-refractivity contribution < 1.29 is 4.92 Å². The molecule has 2 atom stereocenters. The van der Waals surface area contributed by atoms with Crippen LogP contribution in [0.5, 0.6) is 0 Å². The highest BCUT2D eigenvalue weighted by molar-refractivity contribution is 5.73. The molecule has 1 fully saturated rings. The van der Waals surface area contributed by atoms with Gasteiger partial charge in [0.25, 0.3) is 5.69 Å². The van der Waals surface area contributed by atoms with E-state index in [1.54, 1.807) is 12.1 Å². The molecule has 1 saturated heterocycles. The third-order valence-electron chi connectivity index (χ3n) is 4.91. The number of nitrogens with one attached hydrogen (secondary N) is 1. The van der Waals surface area contributed by atoms with Gasteiger partial charge in [-0.1, -0.05) is 30.3 Å². The summed E-state index contributed by atoms with van der Waals surface area (Å²) in [5, 5.41) is 23.3. The summed E-state index contributed by atoms with van der Waals surface area (Å²) < 4.78 is 0. The predicted octanol–water partition coefficient (Wildman–Crippen LogP) is 3.30. The van der Waals surface area contributed by atoms with Crippen LogP contribution in [0.2, 0.25) is 0 Å². The zero-order valence-corrected chi connectivity index (χ0v) is 16.3. The molecule has 1 aliphatic rings. The molecule has 29 heavy (non-hydrogen) atoms. The maximum absolute atomic E-state index is 10.9. The van der Waals surface area contributed by atoms with Gasteiger partial charge in [0, 0.05) is 48.4 Å². The first kappa shape index (κ1) is 18.9. The minimum Gasteiger partial charge on any atom is -0.352 e. The van der Waals surface area contributed by atoms with E-state index in [4.69, 9.17) is 4.98 Å². The molecule has 2 heterocycles. The Morgan fingerprint density at radius 2 is 1.62 bits per heavy atom. The molecule has 0 saturated carbocycles. The number of nitro groups is 1. The Balaban J connectivity index is 1.78. The van der Waals surface area contributed by atoms with E-state index >= 15 is 0 Å². The van der Waals surface area contributed by atoms with Gasteiger partial charge >= 0.3 is 0 Å². The van der Waals surface area contributed by atoms with Crippen molar-refractivity contribution in [2.45, 2.75) is 25.9 Å². The molecule has 3 aromatic rings. The summed E-state index contributed by atoms with van der Waals surface area (Å²) in [6, 6.07) is 16.8. The molecule has 2 aromatic carbocycles. The normalized spacial score (nSPS) is 19.2. The molecule has 0 bridgehead atoms. The first-order chi connectivity index (χ1) is 14.0. The maximum atomic E-state index is 10.9. The van der Waals surface area contributed by atoms with Gasteiger partial charge in [-0.05, 0) is 26.0 Å². The van der Waals surface area contributed by atoms with Crippen LogP contribution in [0.15, 0.2) is 54.6 Å². The van der Waals surface area contributed by atoms with E-state index < -0.39 is 4.92 Å². The van der Waals surface area contributed by atoms with Gasteiger partial charge in [-0.2, -0.15) is 0 Å². The second kappa shape index (κ2) is 7.92. The van der Waals surface area contributed by atoms with Gasteiger partial charge in [-0.15, -0.1) is 10.2 Å². The quantitative estimate of drug-likeness (QED) is 0.539. The molecule has 148 valence electrons. The fraction of sp³-hybridized carbons (Fsp3) is 0.286. The highest BCUT2D eigenvalue weighted by Crippen LogP contribution is 2.30. The number of nitro benzene ring substituents is 1. The predicted molar refractivity (Wildman–Crippen MR) is 112 cm³/mol. The first-order valence-corrected chi connectivity index (χ1v) is 9.57. The largest absolute Gasteiger partial charge is 0.352 e. The van der Waals surface area contributed by atoms with Gasteiger partial charge in [0.1, 0.15) is 5.69 Å². The van der Waals surface area contributed by atoms with Gasteiger partial charge in [-0.25, -0.2) is 4.98 Å². The zero-order valence-electron chi connectivity index (χ0n) is 16.3. The van der Waals surface area contributed by atoms with Gasteiger partial charge in [0.15, 0.2) is 11.6 Å². The molecular formula is C21H22N6O2. The molecule has 2 unspecified atom stereocenters. The van der Waals surface area contributed by atoms with Gasteiger partial charge in [-0.3, -0.25) is 10.1 Å². The molecule has 4 rings (SSSR count). The number of benzene rings is 2. The summed E-state index contributed by atoms with van der Waals surface area (Å²) >= 11 is 0. The molecule has 0 radical (unpaired) electrons. The molecule has 0 amide bonds. The summed E-state index contributed by atoms with van der Waals surface area (Å²) in [4.78, 5) is 17.6. The van der Waals surface area contributed by atoms with E-state index in [9.17, 15) is 10.1 Å². The number of nitrogens with zero attached hydrogens (tertiary/aromatic N) is 5. The van der Waals surface area contributed by atoms with Crippen molar-refractivity contribution in [1.82, 2.24) is 20.5 Å². The van der Waals surface area contributed by atoms with Crippen LogP contribution in [-0.2, 0) is 0 Å². The molecule has 8 heteroatoms. The molecule has 1 N–H and O–H groups in total. The Hall–Kier alpha value is -3.39. The van der Waals surface area contributed by atoms with Crippen LogP contribution in [0.1, 0.15) is 13.8 Å². The number of anilines is 1. The van der Waals surface area contributed by atoms with Crippen molar-refractivity contribution in [2.24, 2.45) is 0 Å². The van der Waals surface area contributed by atoms with E-state index in [1.165, 1.54) is 12.1 Å². The lowest BCUT2D eigenvalue weighted by Gasteiger charge is -2.37. The molecule has 8 nitrogen and oxygen atoms in total. The van der Waals surface area contributed by atoms with E-state index in [-0.39, 0.29) is 5.69 Å². The van der Waals surface area contributed by atoms with Gasteiger partial charge in [0.2, 0.25) is 0 Å². The lowest BCUT2D eigenvalue weighted by atomic mass is 10.1. The number of piperazine rings is 1. The van der Waals surface area contributed by atoms with E-state index in [0.717, 1.165) is 30.2 Å². The summed E-state index contributed by atoms with van der Waals surface area (Å²) in [5.74, 6) is 1.23. The van der Waals surface area contributed by atoms with Crippen LogP contribution in [0.25, 0.3) is 22.6 Å². The average Bonchev–Trinajstić information content (AvgIpc) is 2.73. The number of rotatable bonds is 4. The maximum Gasteiger partial charge on any atom is 0.269 e. The average molecular weight is 390 g/mol. The standard InChI is InChI=1S/C21H22N6O2/c1-14-12-26(13-15(2)22-14)21-19(16-6-4-3-5-7-16)24-25-20(23-21)17-8-10-18(11-9-17)27(28)29/h3-11,14-15,22H,12-13H2,1-2H3. The number of hydrogen-bond donors (Lipinski definition) is 1. The van der Waals surface area contributed by atoms with E-state index in [0.29, 0.717) is 23.5 Å². The second-order valence-electron chi connectivity index (χ2n) is 7.35. The van der Waals surface area contributed by atoms with Crippen LogP contribution in [0.3, 0.4) is 0 Å². The number of aromatic nitrogens is 3. The highest BCUT2D eigenvalue weighted by atomic mass is 16.6. The monoisotopic (exact) mass is 390 g/mol. The van der Waals surface area contributed by atoms with E-state index in [2.05, 4.69) is 34.3 Å². The molecule has 0 spiro atoms. The van der Waals surface area contributed by atoms with Crippen LogP contribution in [-0.4, -0.2) is 45.3 Å². The van der Waals surface area contributed by atoms with Gasteiger partial charge in [0.05, 0.1) is 4.92 Å². The third-order valence-corrected chi connectivity index (χ3v) is 4.91. The fourth-order valence-corrected chi connectivity index (χ4v) is 3.68. The Kier molecular flexibility index (Phi) is 5.18. The Morgan fingerprint density at radius 1 is 0.966 bits per heavy atom. The van der Waals surface area contributed by atoms with Crippen molar-refractivity contribution in [3.8, 4) is 22.6 Å². The van der Waals surface area contributed by atoms with E-state index in [1.807, 2.05) is 30.3 Å². The molecule has 1 aromatic heterocycles. The van der Waals surface area contributed by atoms with Crippen LogP contribution < -0.4 is 10.2 Å². The zero-order chi connectivity index (χ0) is 20.4. The SMILES string of the molecule is CC1CN(c2nc(-c3ccc([N+](=O)[O-])cc3)nnc2-c2ccccc2)CC(C)N1. The van der Waals surface area contributed by atoms with Crippen molar-refractivity contribution in [1.29, 1.82) is 0 Å². The lowest BCUT2D eigenvalue weighted by molar-refractivity contribution is -0.384. The summed E-state index contributed by atoms with van der Waals surface area (Å²) in [6.07, 6.45) is 0. The minimum atomic E-state index is -0.420. The molecular weight excluding hydrogens is 368 g/mol. The Morgan fingerprint density at radius 3 is 2.24 bits per heavy atom. The summed E-state index contributed by atoms with van der Waals surface area (Å²) in [6.45, 7) is 5.92. The third kappa shape index (κ3) is 4.07. The Bertz CT molecular complexity index is 999. The van der Waals surface area contributed by atoms with Gasteiger partial charge < -0.3 is 10.2 Å². The minimum absolute atomic E-state index is 0.0348. The van der Waals surface area contributed by atoms with Crippen molar-refractivity contribution in [3.63, 3.8) is 0 Å². The van der Waals surface area contributed by atoms with Crippen LogP contribution in [0.4, 0.5) is 11.5 Å². The molecule has 0 aliphatic carbocycles. The van der Waals surface area contributed by atoms with Crippen LogP contribution in [0, 0.1) is 10.1 Å². The molecule has 1 aliphatic heterocycles. The smallest absolute Gasteiger partial charge is 0.269 e. The number of non-ortho nitro benzene ring substituents is 1. The lowest BCUT2D eigenvalue weighted by Crippen LogP contribution is -2.54. The second-order valence-corrected chi connectivity index (χ2v) is 7.35. The van der Waals surface area contributed by atoms with Crippen LogP contribution >= 0.6 is 0 Å². The highest BCUT2D eigenvalue weighted by Gasteiger charge is 2.26.